The van der Waals surface area contributed by atoms with E-state index in [1.807, 2.05) is 0 Å². The number of aromatic nitrogens is 2. The Morgan fingerprint density at radius 1 is 1.39 bits per heavy atom. The SMILES string of the molecule is O=c1c(Cl)c(Cl)ncn1Cc1ccc(F)cc1Br. The van der Waals surface area contributed by atoms with Crippen LogP contribution in [0.4, 0.5) is 4.39 Å². The van der Waals surface area contributed by atoms with Crippen LogP contribution in [0.25, 0.3) is 0 Å². The van der Waals surface area contributed by atoms with Crippen LogP contribution in [0.15, 0.2) is 33.8 Å². The van der Waals surface area contributed by atoms with Gasteiger partial charge in [-0.15, -0.1) is 0 Å². The number of halogens is 4. The highest BCUT2D eigenvalue weighted by molar-refractivity contribution is 9.10. The average Bonchev–Trinajstić information content (AvgIpc) is 2.33. The fourth-order valence-corrected chi connectivity index (χ4v) is 2.15. The maximum Gasteiger partial charge on any atom is 0.273 e. The van der Waals surface area contributed by atoms with Gasteiger partial charge in [-0.2, -0.15) is 0 Å². The molecule has 0 amide bonds. The summed E-state index contributed by atoms with van der Waals surface area (Å²) in [5.41, 5.74) is 0.298. The van der Waals surface area contributed by atoms with Gasteiger partial charge in [-0.1, -0.05) is 45.2 Å². The van der Waals surface area contributed by atoms with E-state index in [0.29, 0.717) is 4.47 Å². The van der Waals surface area contributed by atoms with E-state index in [0.717, 1.165) is 5.56 Å². The van der Waals surface area contributed by atoms with Crippen molar-refractivity contribution in [2.75, 3.05) is 0 Å². The highest BCUT2D eigenvalue weighted by atomic mass is 79.9. The summed E-state index contributed by atoms with van der Waals surface area (Å²) in [6, 6.07) is 4.22. The van der Waals surface area contributed by atoms with Gasteiger partial charge in [0.25, 0.3) is 5.56 Å². The van der Waals surface area contributed by atoms with Gasteiger partial charge in [-0.25, -0.2) is 9.37 Å². The Morgan fingerprint density at radius 3 is 2.78 bits per heavy atom. The molecule has 0 aliphatic rings. The Kier molecular flexibility index (Phi) is 4.04. The number of hydrogen-bond donors (Lipinski definition) is 0. The lowest BCUT2D eigenvalue weighted by Gasteiger charge is -2.08. The van der Waals surface area contributed by atoms with Crippen molar-refractivity contribution in [3.63, 3.8) is 0 Å². The molecular formula is C11H6BrCl2FN2O. The van der Waals surface area contributed by atoms with Gasteiger partial charge in [0.05, 0.1) is 12.9 Å². The molecule has 0 fully saturated rings. The van der Waals surface area contributed by atoms with Crippen LogP contribution >= 0.6 is 39.1 Å². The Hall–Kier alpha value is -0.910. The fraction of sp³-hybridized carbons (Fsp3) is 0.0909. The highest BCUT2D eigenvalue weighted by Gasteiger charge is 2.09. The summed E-state index contributed by atoms with van der Waals surface area (Å²) >= 11 is 14.6. The standard InChI is InChI=1S/C11H6BrCl2FN2O/c12-8-3-7(15)2-1-6(8)4-17-5-16-10(14)9(13)11(17)18/h1-3,5H,4H2. The molecule has 0 radical (unpaired) electrons. The molecule has 1 aromatic carbocycles. The van der Waals surface area contributed by atoms with Crippen molar-refractivity contribution in [3.05, 3.63) is 60.9 Å². The zero-order valence-corrected chi connectivity index (χ0v) is 11.9. The minimum Gasteiger partial charge on any atom is -0.293 e. The van der Waals surface area contributed by atoms with Crippen molar-refractivity contribution in [1.29, 1.82) is 0 Å². The molecule has 2 rings (SSSR count). The van der Waals surface area contributed by atoms with Crippen molar-refractivity contribution in [2.45, 2.75) is 6.54 Å². The molecule has 94 valence electrons. The van der Waals surface area contributed by atoms with Crippen molar-refractivity contribution in [1.82, 2.24) is 9.55 Å². The molecule has 1 aromatic heterocycles. The van der Waals surface area contributed by atoms with E-state index < -0.39 is 5.56 Å². The van der Waals surface area contributed by atoms with Crippen LogP contribution < -0.4 is 5.56 Å². The quantitative estimate of drug-likeness (QED) is 0.776. The van der Waals surface area contributed by atoms with Gasteiger partial charge in [0.1, 0.15) is 10.8 Å². The predicted octanol–water partition coefficient (Wildman–Crippen LogP) is 3.50. The summed E-state index contributed by atoms with van der Waals surface area (Å²) in [5, 5.41) is -0.159. The largest absolute Gasteiger partial charge is 0.293 e. The lowest BCUT2D eigenvalue weighted by Crippen LogP contribution is -2.21. The van der Waals surface area contributed by atoms with Crippen molar-refractivity contribution in [3.8, 4) is 0 Å². The van der Waals surface area contributed by atoms with E-state index in [4.69, 9.17) is 23.2 Å². The lowest BCUT2D eigenvalue weighted by molar-refractivity contribution is 0.624. The summed E-state index contributed by atoms with van der Waals surface area (Å²) in [5.74, 6) is -0.356. The third-order valence-electron chi connectivity index (χ3n) is 2.30. The monoisotopic (exact) mass is 350 g/mol. The van der Waals surface area contributed by atoms with Gasteiger partial charge in [0.15, 0.2) is 5.15 Å². The molecular weight excluding hydrogens is 346 g/mol. The van der Waals surface area contributed by atoms with E-state index in [9.17, 15) is 9.18 Å². The molecule has 0 atom stereocenters. The minimum absolute atomic E-state index is 0.0314. The first-order chi connectivity index (χ1) is 8.49. The first-order valence-corrected chi connectivity index (χ1v) is 6.38. The third-order valence-corrected chi connectivity index (χ3v) is 3.76. The van der Waals surface area contributed by atoms with E-state index >= 15 is 0 Å². The van der Waals surface area contributed by atoms with Gasteiger partial charge in [-0.05, 0) is 17.7 Å². The maximum atomic E-state index is 12.9. The Bertz CT molecular complexity index is 660. The van der Waals surface area contributed by atoms with Gasteiger partial charge in [0, 0.05) is 4.47 Å². The average molecular weight is 352 g/mol. The molecule has 0 bridgehead atoms. The Labute approximate surface area is 120 Å². The van der Waals surface area contributed by atoms with E-state index in [1.54, 1.807) is 6.07 Å². The molecule has 0 N–H and O–H groups in total. The van der Waals surface area contributed by atoms with E-state index in [1.165, 1.54) is 23.0 Å². The zero-order valence-electron chi connectivity index (χ0n) is 8.83. The summed E-state index contributed by atoms with van der Waals surface area (Å²) in [6.45, 7) is 0.226. The molecule has 2 aromatic rings. The van der Waals surface area contributed by atoms with Crippen LogP contribution in [-0.2, 0) is 6.54 Å². The summed E-state index contributed by atoms with van der Waals surface area (Å²) < 4.78 is 14.8. The number of rotatable bonds is 2. The second-order valence-corrected chi connectivity index (χ2v) is 5.11. The van der Waals surface area contributed by atoms with Gasteiger partial charge >= 0.3 is 0 Å². The molecule has 0 aliphatic carbocycles. The zero-order chi connectivity index (χ0) is 13.3. The van der Waals surface area contributed by atoms with E-state index in [-0.39, 0.29) is 22.5 Å². The van der Waals surface area contributed by atoms with Crippen molar-refractivity contribution >= 4 is 39.1 Å². The number of benzene rings is 1. The topological polar surface area (TPSA) is 34.9 Å². The van der Waals surface area contributed by atoms with E-state index in [2.05, 4.69) is 20.9 Å². The van der Waals surface area contributed by atoms with Crippen LogP contribution in [-0.4, -0.2) is 9.55 Å². The Morgan fingerprint density at radius 2 is 2.11 bits per heavy atom. The predicted molar refractivity (Wildman–Crippen MR) is 71.7 cm³/mol. The third kappa shape index (κ3) is 2.74. The molecule has 0 unspecified atom stereocenters. The maximum absolute atomic E-state index is 12.9. The molecule has 0 spiro atoms. The number of hydrogen-bond acceptors (Lipinski definition) is 2. The summed E-state index contributed by atoms with van der Waals surface area (Å²) in [6.07, 6.45) is 1.30. The first-order valence-electron chi connectivity index (χ1n) is 4.83. The molecule has 7 heteroatoms. The number of nitrogens with zero attached hydrogens (tertiary/aromatic N) is 2. The van der Waals surface area contributed by atoms with Gasteiger partial charge in [0.2, 0.25) is 0 Å². The molecule has 0 saturated carbocycles. The van der Waals surface area contributed by atoms with Crippen LogP contribution in [0, 0.1) is 5.82 Å². The van der Waals surface area contributed by atoms with Crippen LogP contribution in [0.1, 0.15) is 5.56 Å². The molecule has 18 heavy (non-hydrogen) atoms. The first kappa shape index (κ1) is 13.5. The van der Waals surface area contributed by atoms with Gasteiger partial charge < -0.3 is 0 Å². The minimum atomic E-state index is -0.437. The van der Waals surface area contributed by atoms with Crippen LogP contribution in [0.2, 0.25) is 10.2 Å². The van der Waals surface area contributed by atoms with Crippen molar-refractivity contribution < 1.29 is 4.39 Å². The summed E-state index contributed by atoms with van der Waals surface area (Å²) in [4.78, 5) is 15.6. The molecule has 0 aliphatic heterocycles. The highest BCUT2D eigenvalue weighted by Crippen LogP contribution is 2.19. The molecule has 0 saturated heterocycles. The molecule has 3 nitrogen and oxygen atoms in total. The van der Waals surface area contributed by atoms with Crippen LogP contribution in [0.5, 0.6) is 0 Å². The van der Waals surface area contributed by atoms with Crippen molar-refractivity contribution in [2.24, 2.45) is 0 Å². The summed E-state index contributed by atoms with van der Waals surface area (Å²) in [7, 11) is 0. The second-order valence-electron chi connectivity index (χ2n) is 3.52. The second kappa shape index (κ2) is 5.38. The lowest BCUT2D eigenvalue weighted by atomic mass is 10.2. The fourth-order valence-electron chi connectivity index (χ4n) is 1.39. The normalized spacial score (nSPS) is 10.7. The smallest absolute Gasteiger partial charge is 0.273 e. The van der Waals surface area contributed by atoms with Crippen LogP contribution in [0.3, 0.4) is 0 Å². The van der Waals surface area contributed by atoms with Gasteiger partial charge in [-0.3, -0.25) is 9.36 Å². The molecule has 1 heterocycles. The Balaban J connectivity index is 2.41.